The molecule has 0 atom stereocenters. The summed E-state index contributed by atoms with van der Waals surface area (Å²) in [5.41, 5.74) is -1.31. The van der Waals surface area contributed by atoms with Crippen LogP contribution in [-0.4, -0.2) is 31.6 Å². The molecule has 0 aromatic rings. The molecule has 0 N–H and O–H groups in total. The summed E-state index contributed by atoms with van der Waals surface area (Å²) in [6, 6.07) is 2.18. The number of hydrogen-bond donors (Lipinski definition) is 0. The first kappa shape index (κ1) is 26.5. The molecule has 0 unspecified atom stereocenters. The number of unbranched alkanes of at least 4 members (excludes halogenated alkanes) is 4. The zero-order chi connectivity index (χ0) is 23.5. The van der Waals surface area contributed by atoms with Crippen molar-refractivity contribution in [1.82, 2.24) is 0 Å². The van der Waals surface area contributed by atoms with E-state index in [1.807, 2.05) is 0 Å². The van der Waals surface area contributed by atoms with Crippen molar-refractivity contribution in [2.45, 2.75) is 129 Å². The highest BCUT2D eigenvalue weighted by Crippen LogP contribution is 2.38. The molecule has 3 rings (SSSR count). The normalized spacial score (nSPS) is 35.0. The summed E-state index contributed by atoms with van der Waals surface area (Å²) in [5, 5.41) is 9.82. The lowest BCUT2D eigenvalue weighted by atomic mass is 9.79. The van der Waals surface area contributed by atoms with E-state index in [0.717, 1.165) is 50.4 Å². The minimum Gasteiger partial charge on any atom is -0.461 e. The molecule has 188 valence electrons. The van der Waals surface area contributed by atoms with Gasteiger partial charge in [0.1, 0.15) is 6.10 Å². The summed E-state index contributed by atoms with van der Waals surface area (Å²) < 4.78 is 17.8. The Labute approximate surface area is 201 Å². The van der Waals surface area contributed by atoms with Gasteiger partial charge in [0.05, 0.1) is 19.3 Å². The van der Waals surface area contributed by atoms with Crippen LogP contribution in [0.25, 0.3) is 0 Å². The fraction of sp³-hybridized carbons (Fsp3) is 0.929. The number of esters is 1. The summed E-state index contributed by atoms with van der Waals surface area (Å²) in [4.78, 5) is 13.0. The van der Waals surface area contributed by atoms with Gasteiger partial charge in [-0.3, -0.25) is 4.79 Å². The fourth-order valence-corrected chi connectivity index (χ4v) is 6.04. The lowest BCUT2D eigenvalue weighted by Crippen LogP contribution is -2.50. The first-order valence-electron chi connectivity index (χ1n) is 14.0. The van der Waals surface area contributed by atoms with Gasteiger partial charge in [-0.25, -0.2) is 0 Å². The zero-order valence-corrected chi connectivity index (χ0v) is 21.2. The molecule has 5 heteroatoms. The molecule has 3 aliphatic rings. The number of rotatable bonds is 11. The van der Waals surface area contributed by atoms with Crippen LogP contribution >= 0.6 is 0 Å². The van der Waals surface area contributed by atoms with E-state index in [4.69, 9.17) is 14.2 Å². The van der Waals surface area contributed by atoms with Crippen LogP contribution in [0.2, 0.25) is 0 Å². The van der Waals surface area contributed by atoms with Gasteiger partial charge >= 0.3 is 5.97 Å². The summed E-state index contributed by atoms with van der Waals surface area (Å²) >= 11 is 0. The van der Waals surface area contributed by atoms with Crippen molar-refractivity contribution >= 4 is 5.97 Å². The van der Waals surface area contributed by atoms with E-state index in [0.29, 0.717) is 5.92 Å². The molecular formula is C28H47NO4. The summed E-state index contributed by atoms with van der Waals surface area (Å²) in [5.74, 6) is 1.53. The third-order valence-electron chi connectivity index (χ3n) is 8.35. The predicted molar refractivity (Wildman–Crippen MR) is 129 cm³/mol. The first-order chi connectivity index (χ1) is 16.1. The minimum absolute atomic E-state index is 0.0642. The van der Waals surface area contributed by atoms with Crippen LogP contribution in [0.5, 0.6) is 0 Å². The Morgan fingerprint density at radius 2 is 1.45 bits per heavy atom. The average molecular weight is 462 g/mol. The van der Waals surface area contributed by atoms with Crippen molar-refractivity contribution in [3.63, 3.8) is 0 Å². The van der Waals surface area contributed by atoms with Crippen LogP contribution in [-0.2, 0) is 19.0 Å². The van der Waals surface area contributed by atoms with Crippen molar-refractivity contribution in [3.8, 4) is 6.07 Å². The van der Waals surface area contributed by atoms with Crippen molar-refractivity contribution in [3.05, 3.63) is 0 Å². The predicted octanol–water partition coefficient (Wildman–Crippen LogP) is 6.94. The summed E-state index contributed by atoms with van der Waals surface area (Å²) in [7, 11) is 0. The molecule has 0 radical (unpaired) electrons. The lowest BCUT2D eigenvalue weighted by Gasteiger charge is -2.40. The van der Waals surface area contributed by atoms with Crippen LogP contribution in [0.15, 0.2) is 0 Å². The fourth-order valence-electron chi connectivity index (χ4n) is 6.04. The second-order valence-corrected chi connectivity index (χ2v) is 11.0. The Balaban J connectivity index is 1.37. The van der Waals surface area contributed by atoms with E-state index in [-0.39, 0.29) is 25.6 Å². The molecule has 1 saturated heterocycles. The van der Waals surface area contributed by atoms with Crippen molar-refractivity contribution in [2.75, 3.05) is 13.2 Å². The maximum absolute atomic E-state index is 13.0. The highest BCUT2D eigenvalue weighted by Gasteiger charge is 2.48. The van der Waals surface area contributed by atoms with Crippen molar-refractivity contribution < 1.29 is 19.0 Å². The zero-order valence-electron chi connectivity index (χ0n) is 21.2. The molecule has 0 spiro atoms. The third kappa shape index (κ3) is 7.69. The Morgan fingerprint density at radius 3 is 2.06 bits per heavy atom. The van der Waals surface area contributed by atoms with Crippen molar-refractivity contribution in [2.24, 2.45) is 23.2 Å². The second-order valence-electron chi connectivity index (χ2n) is 11.0. The monoisotopic (exact) mass is 461 g/mol. The van der Waals surface area contributed by atoms with E-state index in [1.54, 1.807) is 0 Å². The quantitative estimate of drug-likeness (QED) is 0.246. The topological polar surface area (TPSA) is 68.6 Å². The third-order valence-corrected chi connectivity index (χ3v) is 8.35. The summed E-state index contributed by atoms with van der Waals surface area (Å²) in [6.45, 7) is 4.69. The highest BCUT2D eigenvalue weighted by atomic mass is 16.7. The molecular weight excluding hydrogens is 414 g/mol. The number of nitriles is 1. The lowest BCUT2D eigenvalue weighted by molar-refractivity contribution is -0.247. The van der Waals surface area contributed by atoms with Gasteiger partial charge in [0.15, 0.2) is 6.29 Å². The highest BCUT2D eigenvalue weighted by molar-refractivity contribution is 5.80. The average Bonchev–Trinajstić information content (AvgIpc) is 2.85. The van der Waals surface area contributed by atoms with E-state index in [9.17, 15) is 10.1 Å². The molecule has 0 aromatic heterocycles. The molecule has 0 aromatic carbocycles. The summed E-state index contributed by atoms with van der Waals surface area (Å²) in [6.07, 6.45) is 18.9. The van der Waals surface area contributed by atoms with Gasteiger partial charge < -0.3 is 14.2 Å². The smallest absolute Gasteiger partial charge is 0.331 e. The molecule has 3 fully saturated rings. The van der Waals surface area contributed by atoms with E-state index in [2.05, 4.69) is 19.9 Å². The van der Waals surface area contributed by atoms with Gasteiger partial charge in [0.25, 0.3) is 0 Å². The maximum atomic E-state index is 13.0. The van der Waals surface area contributed by atoms with Gasteiger partial charge in [-0.15, -0.1) is 0 Å². The number of ether oxygens (including phenoxy) is 3. The van der Waals surface area contributed by atoms with Crippen LogP contribution in [0.1, 0.15) is 117 Å². The minimum atomic E-state index is -1.31. The molecule has 33 heavy (non-hydrogen) atoms. The molecule has 1 heterocycles. The van der Waals surface area contributed by atoms with E-state index >= 15 is 0 Å². The molecule has 0 bridgehead atoms. The van der Waals surface area contributed by atoms with Gasteiger partial charge in [0.2, 0.25) is 5.41 Å². The van der Waals surface area contributed by atoms with Gasteiger partial charge in [-0.2, -0.15) is 5.26 Å². The van der Waals surface area contributed by atoms with Gasteiger partial charge in [-0.05, 0) is 63.2 Å². The van der Waals surface area contributed by atoms with Crippen LogP contribution in [0, 0.1) is 34.5 Å². The number of nitrogens with zero attached hydrogens (tertiary/aromatic N) is 1. The molecule has 1 aliphatic heterocycles. The SMILES string of the molecule is CCCCCCCC1CCC(OC(=O)[C@]2(C#N)CO[C@H](C3CCC(CCC)CC3)OC2)CC1. The number of hydrogen-bond acceptors (Lipinski definition) is 5. The Bertz CT molecular complexity index is 606. The Hall–Kier alpha value is -1.12. The van der Waals surface area contributed by atoms with Crippen LogP contribution in [0.3, 0.4) is 0 Å². The Morgan fingerprint density at radius 1 is 0.848 bits per heavy atom. The molecule has 2 saturated carbocycles. The van der Waals surface area contributed by atoms with Crippen LogP contribution < -0.4 is 0 Å². The van der Waals surface area contributed by atoms with Crippen molar-refractivity contribution in [1.29, 1.82) is 5.26 Å². The first-order valence-corrected chi connectivity index (χ1v) is 14.0. The number of carbonyl (C=O) groups is 1. The number of carbonyl (C=O) groups excluding carboxylic acids is 1. The largest absolute Gasteiger partial charge is 0.461 e. The standard InChI is InChI=1S/C28H47NO4/c1-3-5-6-7-8-10-23-13-17-25(18-14-23)33-27(30)28(19-29)20-31-26(32-21-28)24-15-11-22(9-4-2)12-16-24/h22-26H,3-18,20-21H2,1-2H3/t22?,23?,24?,25?,26-,28+. The Kier molecular flexibility index (Phi) is 11.0. The van der Waals surface area contributed by atoms with E-state index < -0.39 is 11.4 Å². The maximum Gasteiger partial charge on any atom is 0.331 e. The van der Waals surface area contributed by atoms with E-state index in [1.165, 1.54) is 64.2 Å². The van der Waals surface area contributed by atoms with Crippen LogP contribution in [0.4, 0.5) is 0 Å². The second kappa shape index (κ2) is 13.7. The van der Waals surface area contributed by atoms with Gasteiger partial charge in [-0.1, -0.05) is 65.2 Å². The molecule has 5 nitrogen and oxygen atoms in total. The molecule has 2 aliphatic carbocycles. The molecule has 0 amide bonds. The van der Waals surface area contributed by atoms with Gasteiger partial charge in [0, 0.05) is 5.92 Å².